The zero-order valence-corrected chi connectivity index (χ0v) is 15.9. The highest BCUT2D eigenvalue weighted by atomic mass is 32.2. The van der Waals surface area contributed by atoms with E-state index in [1.807, 2.05) is 17.6 Å². The Morgan fingerprint density at radius 2 is 1.92 bits per heavy atom. The molecule has 0 spiro atoms. The van der Waals surface area contributed by atoms with Gasteiger partial charge in [-0.05, 0) is 24.8 Å². The van der Waals surface area contributed by atoms with Gasteiger partial charge >= 0.3 is 0 Å². The minimum atomic E-state index is -0.145. The zero-order chi connectivity index (χ0) is 17.9. The fourth-order valence-corrected chi connectivity index (χ4v) is 3.10. The lowest BCUT2D eigenvalue weighted by atomic mass is 9.87. The highest BCUT2D eigenvalue weighted by Gasteiger charge is 2.19. The summed E-state index contributed by atoms with van der Waals surface area (Å²) in [5, 5.41) is 9.22. The number of nitrogens with zero attached hydrogens (tertiary/aromatic N) is 3. The molecule has 0 aliphatic rings. The van der Waals surface area contributed by atoms with Crippen molar-refractivity contribution in [3.8, 4) is 11.4 Å². The van der Waals surface area contributed by atoms with Gasteiger partial charge in [-0.25, -0.2) is 0 Å². The molecule has 24 heavy (non-hydrogen) atoms. The highest BCUT2D eigenvalue weighted by Crippen LogP contribution is 2.29. The molecule has 0 amide bonds. The van der Waals surface area contributed by atoms with Crippen LogP contribution in [0.1, 0.15) is 40.2 Å². The molecule has 0 saturated carbocycles. The lowest BCUT2D eigenvalue weighted by Crippen LogP contribution is -2.11. The molecule has 0 bridgehead atoms. The number of benzene rings is 1. The smallest absolute Gasteiger partial charge is 0.192 e. The minimum absolute atomic E-state index is 0.116. The quantitative estimate of drug-likeness (QED) is 0.572. The third-order valence-electron chi connectivity index (χ3n) is 3.89. The van der Waals surface area contributed by atoms with Gasteiger partial charge in [0.15, 0.2) is 11.0 Å². The fourth-order valence-electron chi connectivity index (χ4n) is 2.24. The lowest BCUT2D eigenvalue weighted by molar-refractivity contribution is -0.116. The molecule has 2 aromatic rings. The molecule has 1 unspecified atom stereocenters. The van der Waals surface area contributed by atoms with Crippen molar-refractivity contribution in [3.63, 3.8) is 0 Å². The van der Waals surface area contributed by atoms with Crippen LogP contribution in [0.3, 0.4) is 0 Å². The van der Waals surface area contributed by atoms with E-state index in [1.54, 1.807) is 6.92 Å². The van der Waals surface area contributed by atoms with Crippen LogP contribution in [0.25, 0.3) is 11.4 Å². The molecule has 1 heterocycles. The van der Waals surface area contributed by atoms with Gasteiger partial charge in [0, 0.05) is 12.1 Å². The Balaban J connectivity index is 2.38. The van der Waals surface area contributed by atoms with Gasteiger partial charge in [-0.3, -0.25) is 9.36 Å². The Morgan fingerprint density at radius 1 is 1.29 bits per heavy atom. The number of carbonyl (C=O) groups is 1. The summed E-state index contributed by atoms with van der Waals surface area (Å²) in [7, 11) is 0. The van der Waals surface area contributed by atoms with Crippen LogP contribution in [-0.2, 0) is 16.8 Å². The Labute approximate surface area is 148 Å². The van der Waals surface area contributed by atoms with Gasteiger partial charge in [-0.1, -0.05) is 62.9 Å². The Hall–Kier alpha value is -1.88. The number of aromatic nitrogens is 3. The number of hydrogen-bond acceptors (Lipinski definition) is 4. The maximum Gasteiger partial charge on any atom is 0.192 e. The Bertz CT molecular complexity index is 726. The first-order valence-electron chi connectivity index (χ1n) is 8.06. The SMILES string of the molecule is C=CCn1c(SC(C)C(C)=O)nnc1-c1ccc(C(C)(C)C)cc1. The van der Waals surface area contributed by atoms with E-state index >= 15 is 0 Å². The van der Waals surface area contributed by atoms with Crippen molar-refractivity contribution >= 4 is 17.5 Å². The third kappa shape index (κ3) is 4.15. The standard InChI is InChI=1S/C19H25N3OS/c1-7-12-22-17(20-21-18(22)24-14(3)13(2)23)15-8-10-16(11-9-15)19(4,5)6/h7-11,14H,1,12H2,2-6H3. The van der Waals surface area contributed by atoms with E-state index in [-0.39, 0.29) is 16.4 Å². The number of thioether (sulfide) groups is 1. The van der Waals surface area contributed by atoms with E-state index in [1.165, 1.54) is 17.3 Å². The van der Waals surface area contributed by atoms with Gasteiger partial charge < -0.3 is 0 Å². The number of hydrogen-bond donors (Lipinski definition) is 0. The summed E-state index contributed by atoms with van der Waals surface area (Å²) in [6.45, 7) is 14.5. The van der Waals surface area contributed by atoms with Crippen LogP contribution in [0, 0.1) is 0 Å². The second-order valence-electron chi connectivity index (χ2n) is 6.90. The van der Waals surface area contributed by atoms with E-state index in [0.717, 1.165) is 16.5 Å². The van der Waals surface area contributed by atoms with Crippen molar-refractivity contribution < 1.29 is 4.79 Å². The van der Waals surface area contributed by atoms with Gasteiger partial charge in [0.1, 0.15) is 5.78 Å². The molecule has 1 aromatic heterocycles. The maximum absolute atomic E-state index is 11.5. The summed E-state index contributed by atoms with van der Waals surface area (Å²) in [5.41, 5.74) is 2.41. The second kappa shape index (κ2) is 7.34. The molecule has 0 aliphatic carbocycles. The number of rotatable bonds is 6. The molecule has 2 rings (SSSR count). The molecule has 1 atom stereocenters. The molecule has 0 fully saturated rings. The first kappa shape index (κ1) is 18.5. The van der Waals surface area contributed by atoms with E-state index in [2.05, 4.69) is 61.8 Å². The van der Waals surface area contributed by atoms with Crippen LogP contribution in [0.2, 0.25) is 0 Å². The second-order valence-corrected chi connectivity index (χ2v) is 8.21. The first-order valence-corrected chi connectivity index (χ1v) is 8.94. The lowest BCUT2D eigenvalue weighted by Gasteiger charge is -2.19. The fraction of sp³-hybridized carbons (Fsp3) is 0.421. The van der Waals surface area contributed by atoms with E-state index in [9.17, 15) is 4.79 Å². The number of carbonyl (C=O) groups excluding carboxylic acids is 1. The van der Waals surface area contributed by atoms with Gasteiger partial charge in [0.2, 0.25) is 0 Å². The summed E-state index contributed by atoms with van der Waals surface area (Å²) >= 11 is 1.43. The zero-order valence-electron chi connectivity index (χ0n) is 15.0. The molecule has 0 N–H and O–H groups in total. The first-order chi connectivity index (χ1) is 11.2. The molecule has 128 valence electrons. The molecule has 5 heteroatoms. The van der Waals surface area contributed by atoms with Crippen molar-refractivity contribution in [3.05, 3.63) is 42.5 Å². The maximum atomic E-state index is 11.5. The van der Waals surface area contributed by atoms with Crippen LogP contribution in [-0.4, -0.2) is 25.8 Å². The van der Waals surface area contributed by atoms with Crippen LogP contribution in [0.4, 0.5) is 0 Å². The van der Waals surface area contributed by atoms with Crippen LogP contribution in [0.15, 0.2) is 42.1 Å². The normalized spacial score (nSPS) is 12.9. The molecule has 0 aliphatic heterocycles. The third-order valence-corrected chi connectivity index (χ3v) is 5.09. The highest BCUT2D eigenvalue weighted by molar-refractivity contribution is 8.00. The average molecular weight is 343 g/mol. The van der Waals surface area contributed by atoms with Crippen molar-refractivity contribution in [2.24, 2.45) is 0 Å². The topological polar surface area (TPSA) is 47.8 Å². The van der Waals surface area contributed by atoms with Crippen LogP contribution < -0.4 is 0 Å². The molecule has 4 nitrogen and oxygen atoms in total. The summed E-state index contributed by atoms with van der Waals surface area (Å²) in [6.07, 6.45) is 1.82. The van der Waals surface area contributed by atoms with Gasteiger partial charge in [-0.2, -0.15) is 0 Å². The number of allylic oxidation sites excluding steroid dienone is 1. The van der Waals surface area contributed by atoms with Crippen LogP contribution in [0.5, 0.6) is 0 Å². The van der Waals surface area contributed by atoms with Gasteiger partial charge in [0.25, 0.3) is 0 Å². The largest absolute Gasteiger partial charge is 0.299 e. The number of Topliss-reactive ketones (excluding diaryl/α,β-unsaturated/α-hetero) is 1. The van der Waals surface area contributed by atoms with Gasteiger partial charge in [-0.15, -0.1) is 16.8 Å². The summed E-state index contributed by atoms with van der Waals surface area (Å²) in [5.74, 6) is 0.929. The van der Waals surface area contributed by atoms with Crippen molar-refractivity contribution in [2.75, 3.05) is 0 Å². The molecular formula is C19H25N3OS. The van der Waals surface area contributed by atoms with E-state index in [0.29, 0.717) is 6.54 Å². The molecule has 0 saturated heterocycles. The van der Waals surface area contributed by atoms with Crippen molar-refractivity contribution in [1.82, 2.24) is 14.8 Å². The molecular weight excluding hydrogens is 318 g/mol. The number of ketones is 1. The Morgan fingerprint density at radius 3 is 2.42 bits per heavy atom. The van der Waals surface area contributed by atoms with Crippen molar-refractivity contribution in [1.29, 1.82) is 0 Å². The minimum Gasteiger partial charge on any atom is -0.299 e. The van der Waals surface area contributed by atoms with E-state index in [4.69, 9.17) is 0 Å². The molecule has 1 aromatic carbocycles. The van der Waals surface area contributed by atoms with Crippen molar-refractivity contribution in [2.45, 2.75) is 57.0 Å². The molecule has 0 radical (unpaired) electrons. The van der Waals surface area contributed by atoms with Crippen LogP contribution >= 0.6 is 11.8 Å². The Kier molecular flexibility index (Phi) is 5.65. The summed E-state index contributed by atoms with van der Waals surface area (Å²) < 4.78 is 2.00. The predicted octanol–water partition coefficient (Wildman–Crippen LogP) is 4.50. The predicted molar refractivity (Wildman–Crippen MR) is 100 cm³/mol. The summed E-state index contributed by atoms with van der Waals surface area (Å²) in [4.78, 5) is 11.5. The van der Waals surface area contributed by atoms with E-state index < -0.39 is 0 Å². The summed E-state index contributed by atoms with van der Waals surface area (Å²) in [6, 6.07) is 8.42. The van der Waals surface area contributed by atoms with Gasteiger partial charge in [0.05, 0.1) is 5.25 Å². The monoisotopic (exact) mass is 343 g/mol. The average Bonchev–Trinajstić information content (AvgIpc) is 2.89.